The van der Waals surface area contributed by atoms with Crippen LogP contribution in [0, 0.1) is 0 Å². The first-order chi connectivity index (χ1) is 18.2. The van der Waals surface area contributed by atoms with Gasteiger partial charge in [-0.05, 0) is 75.6 Å². The van der Waals surface area contributed by atoms with Crippen LogP contribution in [0.4, 0.5) is 0 Å². The highest BCUT2D eigenvalue weighted by Crippen LogP contribution is 2.33. The Kier molecular flexibility index (Phi) is 8.66. The number of nitrogens with one attached hydrogen (secondary N) is 2. The predicted molar refractivity (Wildman–Crippen MR) is 147 cm³/mol. The third-order valence-electron chi connectivity index (χ3n) is 7.74. The fourth-order valence-corrected chi connectivity index (χ4v) is 5.54. The largest absolute Gasteiger partial charge is 0.375 e. The van der Waals surface area contributed by atoms with Crippen molar-refractivity contribution in [1.82, 2.24) is 25.3 Å². The van der Waals surface area contributed by atoms with E-state index in [1.165, 1.54) is 11.3 Å². The molecule has 196 valence electrons. The lowest BCUT2D eigenvalue weighted by Gasteiger charge is -2.32. The maximum atomic E-state index is 13.0. The molecular weight excluding hydrogens is 462 g/mol. The van der Waals surface area contributed by atoms with Crippen LogP contribution < -0.4 is 5.32 Å². The first kappa shape index (κ1) is 25.6. The summed E-state index contributed by atoms with van der Waals surface area (Å²) in [7, 11) is 2.13. The molecule has 0 aliphatic carbocycles. The minimum Gasteiger partial charge on any atom is -0.375 e. The van der Waals surface area contributed by atoms with Gasteiger partial charge in [-0.15, -0.1) is 0 Å². The maximum Gasteiger partial charge on any atom is 0.251 e. The second-order valence-corrected chi connectivity index (χ2v) is 10.5. The first-order valence-electron chi connectivity index (χ1n) is 13.6. The number of H-pyrrole nitrogens is 1. The average Bonchev–Trinajstić information content (AvgIpc) is 3.44. The van der Waals surface area contributed by atoms with E-state index in [4.69, 9.17) is 4.74 Å². The Bertz CT molecular complexity index is 1140. The van der Waals surface area contributed by atoms with Crippen molar-refractivity contribution in [1.29, 1.82) is 0 Å². The minimum atomic E-state index is 0.0146. The van der Waals surface area contributed by atoms with Gasteiger partial charge in [0.2, 0.25) is 0 Å². The van der Waals surface area contributed by atoms with Crippen LogP contribution in [0.5, 0.6) is 0 Å². The molecule has 1 unspecified atom stereocenters. The third-order valence-corrected chi connectivity index (χ3v) is 7.74. The zero-order valence-electron chi connectivity index (χ0n) is 21.9. The molecule has 3 aromatic rings. The van der Waals surface area contributed by atoms with Crippen LogP contribution in [0.25, 0.3) is 11.1 Å². The van der Waals surface area contributed by atoms with E-state index in [2.05, 4.69) is 50.6 Å². The highest BCUT2D eigenvalue weighted by molar-refractivity contribution is 5.95. The molecule has 1 amide bonds. The summed E-state index contributed by atoms with van der Waals surface area (Å²) in [5.41, 5.74) is 5.24. The highest BCUT2D eigenvalue weighted by Gasteiger charge is 2.25. The lowest BCUT2D eigenvalue weighted by Crippen LogP contribution is -2.43. The molecule has 2 aliphatic rings. The molecule has 1 aromatic heterocycles. The quantitative estimate of drug-likeness (QED) is 0.428. The van der Waals surface area contributed by atoms with Gasteiger partial charge in [0.05, 0.1) is 19.4 Å². The molecule has 2 aliphatic heterocycles. The zero-order valence-corrected chi connectivity index (χ0v) is 21.9. The third kappa shape index (κ3) is 6.86. The van der Waals surface area contributed by atoms with Gasteiger partial charge in [-0.25, -0.2) is 0 Å². The van der Waals surface area contributed by atoms with Gasteiger partial charge in [0.15, 0.2) is 0 Å². The summed E-state index contributed by atoms with van der Waals surface area (Å²) >= 11 is 0. The Morgan fingerprint density at radius 1 is 1.08 bits per heavy atom. The number of carbonyl (C=O) groups is 1. The van der Waals surface area contributed by atoms with Crippen LogP contribution in [0.3, 0.4) is 0 Å². The predicted octanol–water partition coefficient (Wildman–Crippen LogP) is 4.30. The van der Waals surface area contributed by atoms with Gasteiger partial charge in [-0.1, -0.05) is 42.5 Å². The van der Waals surface area contributed by atoms with E-state index in [1.54, 1.807) is 0 Å². The molecule has 2 saturated heterocycles. The standard InChI is InChI=1S/C30H39N5O2/c1-34-15-12-27(13-16-34)32-30(36)25-10-5-9-24(19-25)28-20-31-33-29(28)26-11-6-14-35(21-26)17-18-37-22-23-7-3-2-4-8-23/h2-5,7-10,19-20,26-27H,6,11-18,21-22H2,1H3,(H,31,33)(H,32,36). The van der Waals surface area contributed by atoms with Crippen molar-refractivity contribution in [3.63, 3.8) is 0 Å². The van der Waals surface area contributed by atoms with E-state index < -0.39 is 0 Å². The molecule has 7 heteroatoms. The summed E-state index contributed by atoms with van der Waals surface area (Å²) in [6.07, 6.45) is 6.20. The molecule has 2 fully saturated rings. The van der Waals surface area contributed by atoms with Crippen molar-refractivity contribution in [2.75, 3.05) is 46.4 Å². The van der Waals surface area contributed by atoms with Gasteiger partial charge in [0, 0.05) is 41.9 Å². The van der Waals surface area contributed by atoms with E-state index in [0.29, 0.717) is 18.1 Å². The minimum absolute atomic E-state index is 0.0146. The molecular formula is C30H39N5O2. The molecule has 2 aromatic carbocycles. The summed E-state index contributed by atoms with van der Waals surface area (Å²) in [5.74, 6) is 0.401. The number of likely N-dealkylation sites (tertiary alicyclic amines) is 2. The average molecular weight is 502 g/mol. The molecule has 0 bridgehead atoms. The Morgan fingerprint density at radius 2 is 1.92 bits per heavy atom. The number of carbonyl (C=O) groups excluding carboxylic acids is 1. The van der Waals surface area contributed by atoms with E-state index >= 15 is 0 Å². The van der Waals surface area contributed by atoms with Crippen LogP contribution in [0.15, 0.2) is 60.8 Å². The summed E-state index contributed by atoms with van der Waals surface area (Å²) in [6.45, 7) is 6.46. The van der Waals surface area contributed by atoms with E-state index in [0.717, 1.165) is 76.1 Å². The van der Waals surface area contributed by atoms with Crippen molar-refractivity contribution in [3.8, 4) is 11.1 Å². The van der Waals surface area contributed by atoms with Crippen molar-refractivity contribution < 1.29 is 9.53 Å². The first-order valence-corrected chi connectivity index (χ1v) is 13.6. The van der Waals surface area contributed by atoms with Gasteiger partial charge in [-0.3, -0.25) is 9.89 Å². The normalized spacial score (nSPS) is 19.6. The molecule has 5 rings (SSSR count). The Hall–Kier alpha value is -3.00. The molecule has 1 atom stereocenters. The van der Waals surface area contributed by atoms with Gasteiger partial charge in [-0.2, -0.15) is 5.10 Å². The number of amides is 1. The number of hydrogen-bond acceptors (Lipinski definition) is 5. The topological polar surface area (TPSA) is 73.5 Å². The van der Waals surface area contributed by atoms with Crippen molar-refractivity contribution in [2.24, 2.45) is 0 Å². The van der Waals surface area contributed by atoms with Crippen LogP contribution in [0.2, 0.25) is 0 Å². The highest BCUT2D eigenvalue weighted by atomic mass is 16.5. The number of hydrogen-bond donors (Lipinski definition) is 2. The number of aromatic nitrogens is 2. The number of rotatable bonds is 9. The SMILES string of the molecule is CN1CCC(NC(=O)c2cccc(-c3cn[nH]c3C3CCCN(CCOCc4ccccc4)C3)c2)CC1. The number of benzene rings is 2. The maximum absolute atomic E-state index is 13.0. The Balaban J connectivity index is 1.18. The molecule has 3 heterocycles. The van der Waals surface area contributed by atoms with E-state index in [1.807, 2.05) is 42.6 Å². The second kappa shape index (κ2) is 12.5. The number of aromatic amines is 1. The van der Waals surface area contributed by atoms with Gasteiger partial charge < -0.3 is 19.9 Å². The van der Waals surface area contributed by atoms with Crippen LogP contribution >= 0.6 is 0 Å². The fourth-order valence-electron chi connectivity index (χ4n) is 5.54. The van der Waals surface area contributed by atoms with Gasteiger partial charge in [0.25, 0.3) is 5.91 Å². The molecule has 0 spiro atoms. The second-order valence-electron chi connectivity index (χ2n) is 10.5. The van der Waals surface area contributed by atoms with Crippen molar-refractivity contribution in [3.05, 3.63) is 77.6 Å². The lowest BCUT2D eigenvalue weighted by molar-refractivity contribution is 0.0827. The fraction of sp³-hybridized carbons (Fsp3) is 0.467. The van der Waals surface area contributed by atoms with E-state index in [-0.39, 0.29) is 11.9 Å². The molecule has 0 saturated carbocycles. The number of ether oxygens (including phenoxy) is 1. The van der Waals surface area contributed by atoms with Gasteiger partial charge >= 0.3 is 0 Å². The van der Waals surface area contributed by atoms with Crippen LogP contribution in [-0.4, -0.2) is 78.3 Å². The van der Waals surface area contributed by atoms with Crippen LogP contribution in [-0.2, 0) is 11.3 Å². The van der Waals surface area contributed by atoms with Crippen LogP contribution in [0.1, 0.15) is 53.2 Å². The molecule has 7 nitrogen and oxygen atoms in total. The number of nitrogens with zero attached hydrogens (tertiary/aromatic N) is 3. The zero-order chi connectivity index (χ0) is 25.5. The summed E-state index contributed by atoms with van der Waals surface area (Å²) < 4.78 is 5.93. The Morgan fingerprint density at radius 3 is 2.76 bits per heavy atom. The summed E-state index contributed by atoms with van der Waals surface area (Å²) in [5, 5.41) is 10.9. The van der Waals surface area contributed by atoms with E-state index in [9.17, 15) is 4.79 Å². The van der Waals surface area contributed by atoms with Crippen molar-refractivity contribution in [2.45, 2.75) is 44.2 Å². The van der Waals surface area contributed by atoms with Crippen molar-refractivity contribution >= 4 is 5.91 Å². The lowest BCUT2D eigenvalue weighted by atomic mass is 9.90. The van der Waals surface area contributed by atoms with Gasteiger partial charge in [0.1, 0.15) is 0 Å². The summed E-state index contributed by atoms with van der Waals surface area (Å²) in [6, 6.07) is 18.6. The molecule has 37 heavy (non-hydrogen) atoms. The summed E-state index contributed by atoms with van der Waals surface area (Å²) in [4.78, 5) is 17.8. The monoisotopic (exact) mass is 501 g/mol. The Labute approximate surface area is 220 Å². The number of piperidine rings is 2. The smallest absolute Gasteiger partial charge is 0.251 e. The molecule has 0 radical (unpaired) electrons. The molecule has 2 N–H and O–H groups in total.